The zero-order chi connectivity index (χ0) is 18.0. The molecule has 128 valence electrons. The van der Waals surface area contributed by atoms with Crippen LogP contribution in [0, 0.1) is 5.82 Å². The highest BCUT2D eigenvalue weighted by atomic mass is 32.2. The van der Waals surface area contributed by atoms with Gasteiger partial charge in [-0.25, -0.2) is 9.38 Å². The third kappa shape index (κ3) is 4.08. The van der Waals surface area contributed by atoms with Crippen LogP contribution in [0.15, 0.2) is 58.4 Å². The number of benzene rings is 2. The Hall–Kier alpha value is -2.61. The van der Waals surface area contributed by atoms with E-state index >= 15 is 0 Å². The smallest absolute Gasteiger partial charge is 0.300 e. The van der Waals surface area contributed by atoms with Crippen LogP contribution in [0.25, 0.3) is 6.08 Å². The van der Waals surface area contributed by atoms with Crippen molar-refractivity contribution in [1.82, 2.24) is 5.32 Å². The SMILES string of the molecule is O=C1NC(=Nc2ccccc2C(F)(F)F)S/C1=C/c1ccc(F)cc1. The number of hydrogen-bond acceptors (Lipinski definition) is 3. The first-order valence-corrected chi connectivity index (χ1v) is 7.86. The van der Waals surface area contributed by atoms with Crippen molar-refractivity contribution in [2.75, 3.05) is 0 Å². The molecule has 1 fully saturated rings. The fourth-order valence-electron chi connectivity index (χ4n) is 2.11. The lowest BCUT2D eigenvalue weighted by atomic mass is 10.2. The van der Waals surface area contributed by atoms with Gasteiger partial charge in [-0.3, -0.25) is 4.79 Å². The van der Waals surface area contributed by atoms with E-state index in [-0.39, 0.29) is 15.8 Å². The van der Waals surface area contributed by atoms with E-state index in [0.29, 0.717) is 5.56 Å². The molecule has 2 aromatic carbocycles. The number of halogens is 4. The Kier molecular flexibility index (Phi) is 4.63. The minimum atomic E-state index is -4.54. The molecule has 0 radical (unpaired) electrons. The molecule has 1 saturated heterocycles. The molecule has 0 atom stereocenters. The summed E-state index contributed by atoms with van der Waals surface area (Å²) in [6.07, 6.45) is -3.03. The predicted molar refractivity (Wildman–Crippen MR) is 88.6 cm³/mol. The van der Waals surface area contributed by atoms with Crippen molar-refractivity contribution in [3.8, 4) is 0 Å². The number of hydrogen-bond donors (Lipinski definition) is 1. The first kappa shape index (κ1) is 17.2. The van der Waals surface area contributed by atoms with Gasteiger partial charge in [-0.05, 0) is 47.7 Å². The summed E-state index contributed by atoms with van der Waals surface area (Å²) in [4.78, 5) is 16.1. The van der Waals surface area contributed by atoms with E-state index in [9.17, 15) is 22.4 Å². The summed E-state index contributed by atoms with van der Waals surface area (Å²) in [6, 6.07) is 10.3. The van der Waals surface area contributed by atoms with Crippen molar-refractivity contribution >= 4 is 34.6 Å². The Morgan fingerprint density at radius 1 is 1.04 bits per heavy atom. The number of carbonyl (C=O) groups is 1. The maximum Gasteiger partial charge on any atom is 0.418 e. The molecule has 0 spiro atoms. The molecule has 1 amide bonds. The third-order valence-corrected chi connectivity index (χ3v) is 4.16. The van der Waals surface area contributed by atoms with Crippen molar-refractivity contribution in [3.05, 3.63) is 70.4 Å². The number of para-hydroxylation sites is 1. The topological polar surface area (TPSA) is 41.5 Å². The maximum absolute atomic E-state index is 13.0. The van der Waals surface area contributed by atoms with Gasteiger partial charge in [0, 0.05) is 0 Å². The summed E-state index contributed by atoms with van der Waals surface area (Å²) >= 11 is 0.921. The summed E-state index contributed by atoms with van der Waals surface area (Å²) in [5, 5.41) is 2.48. The van der Waals surface area contributed by atoms with E-state index in [0.717, 1.165) is 17.8 Å². The minimum Gasteiger partial charge on any atom is -0.300 e. The molecule has 0 unspecified atom stereocenters. The second kappa shape index (κ2) is 6.72. The molecule has 3 rings (SSSR count). The summed E-state index contributed by atoms with van der Waals surface area (Å²) in [6.45, 7) is 0. The lowest BCUT2D eigenvalue weighted by Crippen LogP contribution is -2.19. The normalized spacial score (nSPS) is 18.0. The van der Waals surface area contributed by atoms with Gasteiger partial charge >= 0.3 is 6.18 Å². The van der Waals surface area contributed by atoms with Gasteiger partial charge in [0.1, 0.15) is 5.82 Å². The van der Waals surface area contributed by atoms with Gasteiger partial charge in [0.25, 0.3) is 5.91 Å². The van der Waals surface area contributed by atoms with Gasteiger partial charge in [-0.2, -0.15) is 13.2 Å². The standard InChI is InChI=1S/C17H10F4N2OS/c18-11-7-5-10(6-8-11)9-14-15(24)23-16(25-14)22-13-4-2-1-3-12(13)17(19,20)21/h1-9H,(H,22,23,24)/b14-9+. The fraction of sp³-hybridized carbons (Fsp3) is 0.0588. The predicted octanol–water partition coefficient (Wildman–Crippen LogP) is 4.74. The average molecular weight is 366 g/mol. The van der Waals surface area contributed by atoms with Gasteiger partial charge in [0.15, 0.2) is 5.17 Å². The summed E-state index contributed by atoms with van der Waals surface area (Å²) in [5.41, 5.74) is -0.565. The van der Waals surface area contributed by atoms with E-state index in [1.165, 1.54) is 48.5 Å². The molecular formula is C17H10F4N2OS. The second-order valence-electron chi connectivity index (χ2n) is 5.05. The van der Waals surface area contributed by atoms with Crippen LogP contribution in [0.3, 0.4) is 0 Å². The van der Waals surface area contributed by atoms with Crippen LogP contribution < -0.4 is 5.32 Å². The lowest BCUT2D eigenvalue weighted by Gasteiger charge is -2.09. The molecule has 0 saturated carbocycles. The van der Waals surface area contributed by atoms with Crippen LogP contribution >= 0.6 is 11.8 Å². The van der Waals surface area contributed by atoms with E-state index in [1.54, 1.807) is 0 Å². The Balaban J connectivity index is 1.88. The van der Waals surface area contributed by atoms with E-state index in [4.69, 9.17) is 0 Å². The van der Waals surface area contributed by atoms with Crippen LogP contribution in [-0.4, -0.2) is 11.1 Å². The average Bonchev–Trinajstić information content (AvgIpc) is 2.88. The van der Waals surface area contributed by atoms with Crippen molar-refractivity contribution in [2.24, 2.45) is 4.99 Å². The van der Waals surface area contributed by atoms with Crippen LogP contribution in [0.5, 0.6) is 0 Å². The first-order chi connectivity index (χ1) is 11.8. The number of amides is 1. The summed E-state index contributed by atoms with van der Waals surface area (Å²) in [5.74, 6) is -0.880. The molecule has 0 bridgehead atoms. The summed E-state index contributed by atoms with van der Waals surface area (Å²) < 4.78 is 51.9. The van der Waals surface area contributed by atoms with Gasteiger partial charge in [0.05, 0.1) is 16.2 Å². The van der Waals surface area contributed by atoms with Gasteiger partial charge in [-0.1, -0.05) is 24.3 Å². The lowest BCUT2D eigenvalue weighted by molar-refractivity contribution is -0.137. The summed E-state index contributed by atoms with van der Waals surface area (Å²) in [7, 11) is 0. The number of nitrogens with one attached hydrogen (secondary N) is 1. The highest BCUT2D eigenvalue weighted by Gasteiger charge is 2.34. The molecule has 2 aromatic rings. The molecule has 1 aliphatic heterocycles. The van der Waals surface area contributed by atoms with Crippen LogP contribution in [-0.2, 0) is 11.0 Å². The van der Waals surface area contributed by atoms with Gasteiger partial charge in [-0.15, -0.1) is 0 Å². The molecule has 25 heavy (non-hydrogen) atoms. The van der Waals surface area contributed by atoms with E-state index in [2.05, 4.69) is 10.3 Å². The second-order valence-corrected chi connectivity index (χ2v) is 6.08. The Morgan fingerprint density at radius 2 is 1.72 bits per heavy atom. The Labute approximate surface area is 144 Å². The third-order valence-electron chi connectivity index (χ3n) is 3.25. The number of rotatable bonds is 2. The maximum atomic E-state index is 13.0. The molecule has 1 aliphatic rings. The molecule has 8 heteroatoms. The molecule has 0 aliphatic carbocycles. The number of nitrogens with zero attached hydrogens (tertiary/aromatic N) is 1. The van der Waals surface area contributed by atoms with E-state index < -0.39 is 23.5 Å². The van der Waals surface area contributed by atoms with Crippen LogP contribution in [0.1, 0.15) is 11.1 Å². The van der Waals surface area contributed by atoms with Crippen molar-refractivity contribution in [1.29, 1.82) is 0 Å². The molecule has 1 N–H and O–H groups in total. The monoisotopic (exact) mass is 366 g/mol. The highest BCUT2D eigenvalue weighted by molar-refractivity contribution is 8.18. The highest BCUT2D eigenvalue weighted by Crippen LogP contribution is 2.37. The van der Waals surface area contributed by atoms with E-state index in [1.807, 2.05) is 0 Å². The molecule has 3 nitrogen and oxygen atoms in total. The number of amidine groups is 1. The Morgan fingerprint density at radius 3 is 2.40 bits per heavy atom. The molecule has 1 heterocycles. The first-order valence-electron chi connectivity index (χ1n) is 7.04. The Bertz CT molecular complexity index is 873. The number of alkyl halides is 3. The van der Waals surface area contributed by atoms with Crippen molar-refractivity contribution in [3.63, 3.8) is 0 Å². The minimum absolute atomic E-state index is 0.0510. The fourth-order valence-corrected chi connectivity index (χ4v) is 2.95. The largest absolute Gasteiger partial charge is 0.418 e. The van der Waals surface area contributed by atoms with Gasteiger partial charge < -0.3 is 5.32 Å². The van der Waals surface area contributed by atoms with Crippen LogP contribution in [0.4, 0.5) is 23.2 Å². The van der Waals surface area contributed by atoms with Gasteiger partial charge in [0.2, 0.25) is 0 Å². The number of thioether (sulfide) groups is 1. The quantitative estimate of drug-likeness (QED) is 0.616. The number of carbonyl (C=O) groups excluding carboxylic acids is 1. The molecule has 0 aromatic heterocycles. The van der Waals surface area contributed by atoms with Crippen LogP contribution in [0.2, 0.25) is 0 Å². The molecular weight excluding hydrogens is 356 g/mol. The number of aliphatic imine (C=N–C) groups is 1. The zero-order valence-electron chi connectivity index (χ0n) is 12.5. The van der Waals surface area contributed by atoms with Crippen molar-refractivity contribution in [2.45, 2.75) is 6.18 Å². The zero-order valence-corrected chi connectivity index (χ0v) is 13.3. The van der Waals surface area contributed by atoms with Crippen molar-refractivity contribution < 1.29 is 22.4 Å².